The van der Waals surface area contributed by atoms with Crippen molar-refractivity contribution in [3.8, 4) is 0 Å². The van der Waals surface area contributed by atoms with Crippen molar-refractivity contribution in [3.63, 3.8) is 0 Å². The zero-order valence-corrected chi connectivity index (χ0v) is 13.5. The maximum Gasteiger partial charge on any atom is 0.307 e. The fourth-order valence-electron chi connectivity index (χ4n) is 2.87. The van der Waals surface area contributed by atoms with E-state index in [2.05, 4.69) is 11.9 Å². The van der Waals surface area contributed by atoms with Crippen molar-refractivity contribution in [1.82, 2.24) is 13.6 Å². The molecule has 1 N–H and O–H groups in total. The maximum absolute atomic E-state index is 12.8. The normalized spacial score (nSPS) is 17.2. The molecule has 0 unspecified atom stereocenters. The van der Waals surface area contributed by atoms with Crippen LogP contribution in [0.5, 0.6) is 0 Å². The number of hydrogen-bond acceptors (Lipinski definition) is 3. The van der Waals surface area contributed by atoms with Crippen LogP contribution in [0, 0.1) is 0 Å². The van der Waals surface area contributed by atoms with E-state index in [9.17, 15) is 13.2 Å². The Labute approximate surface area is 135 Å². The minimum absolute atomic E-state index is 0.00615. The molecule has 1 aliphatic rings. The van der Waals surface area contributed by atoms with Gasteiger partial charge in [-0.1, -0.05) is 24.8 Å². The summed E-state index contributed by atoms with van der Waals surface area (Å²) in [4.78, 5) is 11.3. The molecule has 1 aromatic carbocycles. The van der Waals surface area contributed by atoms with Crippen molar-refractivity contribution in [3.05, 3.63) is 49.2 Å². The van der Waals surface area contributed by atoms with Gasteiger partial charge in [-0.3, -0.25) is 4.79 Å². The first kappa shape index (κ1) is 15.8. The highest BCUT2D eigenvalue weighted by molar-refractivity contribution is 7.87. The van der Waals surface area contributed by atoms with Gasteiger partial charge in [-0.2, -0.15) is 12.7 Å². The number of rotatable bonds is 4. The van der Waals surface area contributed by atoms with Crippen LogP contribution in [-0.2, 0) is 15.0 Å². The lowest BCUT2D eigenvalue weighted by Gasteiger charge is -2.31. The smallest absolute Gasteiger partial charge is 0.307 e. The van der Waals surface area contributed by atoms with Gasteiger partial charge >= 0.3 is 10.2 Å². The lowest BCUT2D eigenvalue weighted by atomic mass is 10.1. The van der Waals surface area contributed by atoms with Crippen molar-refractivity contribution in [1.29, 1.82) is 0 Å². The number of para-hydroxylation sites is 1. The van der Waals surface area contributed by atoms with E-state index >= 15 is 0 Å². The Bertz CT molecular complexity index is 833. The first-order chi connectivity index (χ1) is 11.0. The van der Waals surface area contributed by atoms with Gasteiger partial charge in [-0.25, -0.2) is 3.97 Å². The highest BCUT2D eigenvalue weighted by Gasteiger charge is 2.30. The largest absolute Gasteiger partial charge is 0.350 e. The summed E-state index contributed by atoms with van der Waals surface area (Å²) in [6.45, 7) is 4.19. The molecule has 1 saturated heterocycles. The van der Waals surface area contributed by atoms with Crippen LogP contribution >= 0.6 is 0 Å². The molecule has 0 radical (unpaired) electrons. The minimum atomic E-state index is -3.59. The molecule has 0 aliphatic carbocycles. The van der Waals surface area contributed by atoms with Crippen LogP contribution in [0.25, 0.3) is 10.9 Å². The monoisotopic (exact) mass is 333 g/mol. The van der Waals surface area contributed by atoms with Gasteiger partial charge in [0.1, 0.15) is 0 Å². The molecule has 1 fully saturated rings. The molecule has 0 saturated carbocycles. The summed E-state index contributed by atoms with van der Waals surface area (Å²) < 4.78 is 28.5. The average Bonchev–Trinajstić information content (AvgIpc) is 3.00. The van der Waals surface area contributed by atoms with Crippen LogP contribution in [-0.4, -0.2) is 41.7 Å². The highest BCUT2D eigenvalue weighted by Crippen LogP contribution is 2.22. The van der Waals surface area contributed by atoms with E-state index < -0.39 is 10.2 Å². The number of benzene rings is 1. The number of carbonyl (C=O) groups is 1. The fourth-order valence-corrected chi connectivity index (χ4v) is 4.42. The van der Waals surface area contributed by atoms with Crippen molar-refractivity contribution >= 4 is 27.0 Å². The second-order valence-corrected chi connectivity index (χ2v) is 7.37. The summed E-state index contributed by atoms with van der Waals surface area (Å²) in [7, 11) is -3.59. The molecule has 2 aromatic rings. The minimum Gasteiger partial charge on any atom is -0.350 e. The SMILES string of the molecule is C=CC(=O)NC1CCN(S(=O)(=O)n2ccc3ccccc32)CC1. The van der Waals surface area contributed by atoms with Crippen LogP contribution in [0.15, 0.2) is 49.2 Å². The van der Waals surface area contributed by atoms with Gasteiger partial charge in [0.25, 0.3) is 0 Å². The molecule has 0 spiro atoms. The molecule has 3 rings (SSSR count). The zero-order chi connectivity index (χ0) is 16.4. The van der Waals surface area contributed by atoms with Crippen molar-refractivity contribution in [2.24, 2.45) is 0 Å². The predicted molar refractivity (Wildman–Crippen MR) is 89.2 cm³/mol. The summed E-state index contributed by atoms with van der Waals surface area (Å²) in [5.41, 5.74) is 0.676. The lowest BCUT2D eigenvalue weighted by molar-refractivity contribution is -0.117. The van der Waals surface area contributed by atoms with Gasteiger partial charge < -0.3 is 5.32 Å². The van der Waals surface area contributed by atoms with Gasteiger partial charge in [0.05, 0.1) is 5.52 Å². The summed E-state index contributed by atoms with van der Waals surface area (Å²) in [5, 5.41) is 3.71. The molecule has 0 atom stereocenters. The quantitative estimate of drug-likeness (QED) is 0.862. The van der Waals surface area contributed by atoms with Crippen LogP contribution < -0.4 is 5.32 Å². The van der Waals surface area contributed by atoms with E-state index in [1.54, 1.807) is 18.3 Å². The average molecular weight is 333 g/mol. The molecule has 1 aliphatic heterocycles. The standard InChI is InChI=1S/C16H19N3O3S/c1-2-16(20)17-14-8-10-18(11-9-14)23(21,22)19-12-7-13-5-3-4-6-15(13)19/h2-7,12,14H,1,8-11H2,(H,17,20). The number of piperidine rings is 1. The summed E-state index contributed by atoms with van der Waals surface area (Å²) in [6, 6.07) is 9.18. The molecule has 1 aromatic heterocycles. The van der Waals surface area contributed by atoms with Crippen LogP contribution in [0.2, 0.25) is 0 Å². The number of fused-ring (bicyclic) bond motifs is 1. The maximum atomic E-state index is 12.8. The van der Waals surface area contributed by atoms with E-state index in [1.165, 1.54) is 14.4 Å². The number of nitrogens with one attached hydrogen (secondary N) is 1. The fraction of sp³-hybridized carbons (Fsp3) is 0.312. The number of carbonyl (C=O) groups excluding carboxylic acids is 1. The van der Waals surface area contributed by atoms with Crippen molar-refractivity contribution in [2.45, 2.75) is 18.9 Å². The first-order valence-corrected chi connectivity index (χ1v) is 8.92. The topological polar surface area (TPSA) is 71.4 Å². The molecular formula is C16H19N3O3S. The highest BCUT2D eigenvalue weighted by atomic mass is 32.2. The summed E-state index contributed by atoms with van der Waals surface area (Å²) in [5.74, 6) is -0.220. The molecule has 23 heavy (non-hydrogen) atoms. The molecule has 7 heteroatoms. The number of amides is 1. The van der Waals surface area contributed by atoms with Crippen LogP contribution in [0.3, 0.4) is 0 Å². The van der Waals surface area contributed by atoms with E-state index in [1.807, 2.05) is 18.2 Å². The number of hydrogen-bond donors (Lipinski definition) is 1. The molecular weight excluding hydrogens is 314 g/mol. The zero-order valence-electron chi connectivity index (χ0n) is 12.7. The second-order valence-electron chi connectivity index (χ2n) is 5.56. The summed E-state index contributed by atoms with van der Waals surface area (Å²) >= 11 is 0. The molecule has 1 amide bonds. The third-order valence-electron chi connectivity index (χ3n) is 4.12. The van der Waals surface area contributed by atoms with Crippen LogP contribution in [0.4, 0.5) is 0 Å². The number of nitrogens with zero attached hydrogens (tertiary/aromatic N) is 2. The first-order valence-electron chi connectivity index (χ1n) is 7.52. The van der Waals surface area contributed by atoms with Crippen molar-refractivity contribution in [2.75, 3.05) is 13.1 Å². The summed E-state index contributed by atoms with van der Waals surface area (Å²) in [6.07, 6.45) is 4.01. The third kappa shape index (κ3) is 3.02. The molecule has 122 valence electrons. The Hall–Kier alpha value is -2.12. The Morgan fingerprint density at radius 2 is 1.91 bits per heavy atom. The molecule has 6 nitrogen and oxygen atoms in total. The van der Waals surface area contributed by atoms with Gasteiger partial charge in [-0.05, 0) is 31.1 Å². The Morgan fingerprint density at radius 1 is 1.22 bits per heavy atom. The van der Waals surface area contributed by atoms with E-state index in [0.717, 1.165) is 5.39 Å². The predicted octanol–water partition coefficient (Wildman–Crippen LogP) is 1.50. The van der Waals surface area contributed by atoms with Crippen LogP contribution in [0.1, 0.15) is 12.8 Å². The molecule has 0 bridgehead atoms. The van der Waals surface area contributed by atoms with E-state index in [4.69, 9.17) is 0 Å². The Balaban J connectivity index is 1.77. The molecule has 2 heterocycles. The van der Waals surface area contributed by atoms with Gasteiger partial charge in [0.15, 0.2) is 0 Å². The second kappa shape index (κ2) is 6.17. The Morgan fingerprint density at radius 3 is 2.61 bits per heavy atom. The van der Waals surface area contributed by atoms with Gasteiger partial charge in [0, 0.05) is 30.7 Å². The Kier molecular flexibility index (Phi) is 4.23. The van der Waals surface area contributed by atoms with Gasteiger partial charge in [-0.15, -0.1) is 0 Å². The lowest BCUT2D eigenvalue weighted by Crippen LogP contribution is -2.47. The van der Waals surface area contributed by atoms with E-state index in [-0.39, 0.29) is 11.9 Å². The third-order valence-corrected chi connectivity index (χ3v) is 5.96. The van der Waals surface area contributed by atoms with Crippen molar-refractivity contribution < 1.29 is 13.2 Å². The number of aromatic nitrogens is 1. The van der Waals surface area contributed by atoms with Gasteiger partial charge in [0.2, 0.25) is 5.91 Å². The van der Waals surface area contributed by atoms with E-state index in [0.29, 0.717) is 31.4 Å².